The molecular formula is C5H10FNO2. The van der Waals surface area contributed by atoms with E-state index in [9.17, 15) is 9.18 Å². The zero-order valence-corrected chi connectivity index (χ0v) is 5.06. The van der Waals surface area contributed by atoms with Crippen molar-refractivity contribution in [2.24, 2.45) is 0 Å². The first-order valence-electron chi connectivity index (χ1n) is 2.76. The van der Waals surface area contributed by atoms with Gasteiger partial charge in [0.25, 0.3) is 0 Å². The molecule has 4 heteroatoms. The average Bonchev–Trinajstić information content (AvgIpc) is 1.80. The minimum Gasteiger partial charge on any atom is -0.480 e. The lowest BCUT2D eigenvalue weighted by molar-refractivity contribution is -0.135. The third-order valence-electron chi connectivity index (χ3n) is 0.763. The number of hydrogen-bond acceptors (Lipinski definition) is 2. The zero-order chi connectivity index (χ0) is 7.11. The number of carboxylic acid groups (broad SMARTS) is 1. The van der Waals surface area contributed by atoms with Crippen molar-refractivity contribution < 1.29 is 14.3 Å². The standard InChI is InChI=1S/C5H10FNO2/c6-2-1-3-7-4-5(8)9/h7H,1-4H2,(H,8,9). The molecule has 0 fully saturated rings. The Balaban J connectivity index is 2.83. The SMILES string of the molecule is O=C(O)CNCCCF. The van der Waals surface area contributed by atoms with Crippen LogP contribution in [0, 0.1) is 0 Å². The summed E-state index contributed by atoms with van der Waals surface area (Å²) in [5, 5.41) is 10.6. The van der Waals surface area contributed by atoms with Gasteiger partial charge in [-0.25, -0.2) is 0 Å². The predicted octanol–water partition coefficient (Wildman–Crippen LogP) is 0.0202. The van der Waals surface area contributed by atoms with Crippen LogP contribution < -0.4 is 5.32 Å². The fourth-order valence-corrected chi connectivity index (χ4v) is 0.387. The fraction of sp³-hybridized carbons (Fsp3) is 0.800. The van der Waals surface area contributed by atoms with Crippen LogP contribution in [0.25, 0.3) is 0 Å². The van der Waals surface area contributed by atoms with Crippen LogP contribution in [-0.2, 0) is 4.79 Å². The van der Waals surface area contributed by atoms with Gasteiger partial charge in [-0.1, -0.05) is 0 Å². The van der Waals surface area contributed by atoms with Gasteiger partial charge in [-0.15, -0.1) is 0 Å². The summed E-state index contributed by atoms with van der Waals surface area (Å²) in [5.41, 5.74) is 0. The molecule has 0 amide bonds. The number of nitrogens with one attached hydrogen (secondary N) is 1. The van der Waals surface area contributed by atoms with Gasteiger partial charge >= 0.3 is 5.97 Å². The molecular weight excluding hydrogens is 125 g/mol. The summed E-state index contributed by atoms with van der Waals surface area (Å²) in [6.07, 6.45) is 0.382. The van der Waals surface area contributed by atoms with Crippen LogP contribution in [0.4, 0.5) is 4.39 Å². The summed E-state index contributed by atoms with van der Waals surface area (Å²) >= 11 is 0. The third-order valence-corrected chi connectivity index (χ3v) is 0.763. The highest BCUT2D eigenvalue weighted by atomic mass is 19.1. The van der Waals surface area contributed by atoms with Crippen molar-refractivity contribution >= 4 is 5.97 Å². The molecule has 0 saturated carbocycles. The van der Waals surface area contributed by atoms with Crippen molar-refractivity contribution in [2.45, 2.75) is 6.42 Å². The van der Waals surface area contributed by atoms with E-state index < -0.39 is 12.6 Å². The maximum atomic E-state index is 11.3. The Labute approximate surface area is 52.9 Å². The molecule has 0 rings (SSSR count). The van der Waals surface area contributed by atoms with Gasteiger partial charge in [-0.3, -0.25) is 9.18 Å². The number of carbonyl (C=O) groups is 1. The highest BCUT2D eigenvalue weighted by molar-refractivity contribution is 5.68. The number of aliphatic carboxylic acids is 1. The molecule has 9 heavy (non-hydrogen) atoms. The number of halogens is 1. The van der Waals surface area contributed by atoms with Crippen LogP contribution in [0.1, 0.15) is 6.42 Å². The van der Waals surface area contributed by atoms with Crippen molar-refractivity contribution in [2.75, 3.05) is 19.8 Å². The van der Waals surface area contributed by atoms with E-state index in [1.807, 2.05) is 0 Å². The number of alkyl halides is 1. The molecule has 0 atom stereocenters. The Morgan fingerprint density at radius 2 is 2.33 bits per heavy atom. The summed E-state index contributed by atoms with van der Waals surface area (Å²) < 4.78 is 11.3. The van der Waals surface area contributed by atoms with Crippen LogP contribution in [0.2, 0.25) is 0 Å². The van der Waals surface area contributed by atoms with E-state index in [4.69, 9.17) is 5.11 Å². The van der Waals surface area contributed by atoms with Gasteiger partial charge in [0.2, 0.25) is 0 Å². The molecule has 0 spiro atoms. The minimum atomic E-state index is -0.908. The molecule has 0 aromatic rings. The van der Waals surface area contributed by atoms with Crippen molar-refractivity contribution in [1.29, 1.82) is 0 Å². The number of hydrogen-bond donors (Lipinski definition) is 2. The summed E-state index contributed by atoms with van der Waals surface area (Å²) in [7, 11) is 0. The van der Waals surface area contributed by atoms with Crippen molar-refractivity contribution in [3.05, 3.63) is 0 Å². The second-order valence-corrected chi connectivity index (χ2v) is 1.61. The molecule has 0 aliphatic rings. The van der Waals surface area contributed by atoms with Crippen molar-refractivity contribution in [1.82, 2.24) is 5.32 Å². The molecule has 2 N–H and O–H groups in total. The molecule has 0 unspecified atom stereocenters. The van der Waals surface area contributed by atoms with Crippen LogP contribution >= 0.6 is 0 Å². The third kappa shape index (κ3) is 7.36. The van der Waals surface area contributed by atoms with Crippen LogP contribution in [0.15, 0.2) is 0 Å². The Morgan fingerprint density at radius 1 is 1.67 bits per heavy atom. The molecule has 0 heterocycles. The topological polar surface area (TPSA) is 49.3 Å². The summed E-state index contributed by atoms with van der Waals surface area (Å²) in [6, 6.07) is 0. The average molecular weight is 135 g/mol. The number of carboxylic acids is 1. The fourth-order valence-electron chi connectivity index (χ4n) is 0.387. The Bertz CT molecular complexity index is 87.0. The number of rotatable bonds is 5. The quantitative estimate of drug-likeness (QED) is 0.522. The normalized spacial score (nSPS) is 9.44. The van der Waals surface area contributed by atoms with Crippen LogP contribution in [-0.4, -0.2) is 30.8 Å². The van der Waals surface area contributed by atoms with Crippen LogP contribution in [0.5, 0.6) is 0 Å². The molecule has 0 radical (unpaired) electrons. The summed E-state index contributed by atoms with van der Waals surface area (Å²) in [5.74, 6) is -0.908. The molecule has 0 bridgehead atoms. The van der Waals surface area contributed by atoms with Gasteiger partial charge < -0.3 is 10.4 Å². The van der Waals surface area contributed by atoms with Crippen molar-refractivity contribution in [3.8, 4) is 0 Å². The Kier molecular flexibility index (Phi) is 5.11. The van der Waals surface area contributed by atoms with E-state index in [2.05, 4.69) is 5.32 Å². The predicted molar refractivity (Wildman–Crippen MR) is 31.1 cm³/mol. The molecule has 0 aromatic heterocycles. The second kappa shape index (κ2) is 5.50. The molecule has 0 aromatic carbocycles. The summed E-state index contributed by atoms with van der Waals surface area (Å²) in [4.78, 5) is 9.81. The largest absolute Gasteiger partial charge is 0.480 e. The van der Waals surface area contributed by atoms with E-state index in [0.717, 1.165) is 0 Å². The zero-order valence-electron chi connectivity index (χ0n) is 5.06. The maximum Gasteiger partial charge on any atom is 0.317 e. The minimum absolute atomic E-state index is 0.0833. The molecule has 0 aliphatic carbocycles. The Hall–Kier alpha value is -0.640. The molecule has 3 nitrogen and oxygen atoms in total. The van der Waals surface area contributed by atoms with Gasteiger partial charge in [0.15, 0.2) is 0 Å². The Morgan fingerprint density at radius 3 is 2.78 bits per heavy atom. The first kappa shape index (κ1) is 8.36. The van der Waals surface area contributed by atoms with Gasteiger partial charge in [0.05, 0.1) is 13.2 Å². The highest BCUT2D eigenvalue weighted by Crippen LogP contribution is 1.75. The molecule has 0 aliphatic heterocycles. The molecule has 54 valence electrons. The lowest BCUT2D eigenvalue weighted by atomic mass is 10.4. The monoisotopic (exact) mass is 135 g/mol. The van der Waals surface area contributed by atoms with Gasteiger partial charge in [-0.2, -0.15) is 0 Å². The van der Waals surface area contributed by atoms with Crippen molar-refractivity contribution in [3.63, 3.8) is 0 Å². The first-order valence-corrected chi connectivity index (χ1v) is 2.76. The van der Waals surface area contributed by atoms with Gasteiger partial charge in [0, 0.05) is 0 Å². The molecule has 0 saturated heterocycles. The van der Waals surface area contributed by atoms with Gasteiger partial charge in [-0.05, 0) is 13.0 Å². The highest BCUT2D eigenvalue weighted by Gasteiger charge is 1.92. The maximum absolute atomic E-state index is 11.3. The second-order valence-electron chi connectivity index (χ2n) is 1.61. The summed E-state index contributed by atoms with van der Waals surface area (Å²) in [6.45, 7) is -0.0462. The van der Waals surface area contributed by atoms with E-state index in [1.54, 1.807) is 0 Å². The van der Waals surface area contributed by atoms with E-state index in [0.29, 0.717) is 13.0 Å². The lowest BCUT2D eigenvalue weighted by Crippen LogP contribution is -2.23. The van der Waals surface area contributed by atoms with E-state index >= 15 is 0 Å². The van der Waals surface area contributed by atoms with E-state index in [1.165, 1.54) is 0 Å². The smallest absolute Gasteiger partial charge is 0.317 e. The van der Waals surface area contributed by atoms with Crippen LogP contribution in [0.3, 0.4) is 0 Å². The van der Waals surface area contributed by atoms with E-state index in [-0.39, 0.29) is 6.54 Å². The van der Waals surface area contributed by atoms with Gasteiger partial charge in [0.1, 0.15) is 0 Å². The lowest BCUT2D eigenvalue weighted by Gasteiger charge is -1.95. The first-order chi connectivity index (χ1) is 4.27.